The van der Waals surface area contributed by atoms with Crippen LogP contribution in [0.3, 0.4) is 0 Å². The molecule has 10 heavy (non-hydrogen) atoms. The molecule has 0 saturated heterocycles. The van der Waals surface area contributed by atoms with Crippen LogP contribution in [-0.2, 0) is 0 Å². The second-order valence-corrected chi connectivity index (χ2v) is 2.45. The summed E-state index contributed by atoms with van der Waals surface area (Å²) in [6.07, 6.45) is 2.44. The molecule has 0 aromatic carbocycles. The number of nitrogens with zero attached hydrogens (tertiary/aromatic N) is 1. The van der Waals surface area contributed by atoms with Crippen LogP contribution >= 0.6 is 0 Å². The lowest BCUT2D eigenvalue weighted by Gasteiger charge is -2.08. The van der Waals surface area contributed by atoms with Gasteiger partial charge in [0.15, 0.2) is 0 Å². The first-order valence-electron chi connectivity index (χ1n) is 4.06. The van der Waals surface area contributed by atoms with Crippen LogP contribution in [0.1, 0.15) is 33.6 Å². The Morgan fingerprint density at radius 1 is 1.50 bits per heavy atom. The summed E-state index contributed by atoms with van der Waals surface area (Å²) >= 11 is 0. The molecule has 1 heterocycles. The molecule has 0 atom stereocenters. The molecule has 0 bridgehead atoms. The van der Waals surface area contributed by atoms with Crippen molar-refractivity contribution in [2.45, 2.75) is 33.6 Å². The van der Waals surface area contributed by atoms with Crippen molar-refractivity contribution in [3.8, 4) is 0 Å². The Morgan fingerprint density at radius 2 is 2.10 bits per heavy atom. The van der Waals surface area contributed by atoms with E-state index in [0.717, 1.165) is 18.9 Å². The number of nitrogens with one attached hydrogen (secondary N) is 1. The van der Waals surface area contributed by atoms with Crippen LogP contribution in [0.15, 0.2) is 4.99 Å². The van der Waals surface area contributed by atoms with E-state index in [1.54, 1.807) is 0 Å². The molecule has 1 N–H and O–H groups in total. The molecule has 0 amide bonds. The highest BCUT2D eigenvalue weighted by atomic mass is 15.0. The molecule has 0 aromatic rings. The van der Waals surface area contributed by atoms with E-state index in [4.69, 9.17) is 0 Å². The van der Waals surface area contributed by atoms with Gasteiger partial charge in [0.1, 0.15) is 0 Å². The highest BCUT2D eigenvalue weighted by Crippen LogP contribution is 1.86. The first-order chi connectivity index (χ1) is 4.81. The monoisotopic (exact) mass is 142 g/mol. The van der Waals surface area contributed by atoms with E-state index in [1.165, 1.54) is 12.8 Å². The molecule has 0 aromatic heterocycles. The predicted octanol–water partition coefficient (Wildman–Crippen LogP) is 1.81. The molecule has 0 spiro atoms. The number of aliphatic imine (C=N–C) groups is 1. The average molecular weight is 142 g/mol. The van der Waals surface area contributed by atoms with Gasteiger partial charge in [0.05, 0.1) is 5.84 Å². The fraction of sp³-hybridized carbons (Fsp3) is 0.875. The second-order valence-electron chi connectivity index (χ2n) is 2.45. The zero-order valence-corrected chi connectivity index (χ0v) is 7.28. The van der Waals surface area contributed by atoms with Crippen molar-refractivity contribution in [1.82, 2.24) is 5.32 Å². The van der Waals surface area contributed by atoms with Crippen LogP contribution < -0.4 is 5.32 Å². The Labute approximate surface area is 63.7 Å². The molecule has 1 aliphatic rings. The fourth-order valence-corrected chi connectivity index (χ4v) is 0.651. The fourth-order valence-electron chi connectivity index (χ4n) is 0.651. The van der Waals surface area contributed by atoms with Gasteiger partial charge in [0.25, 0.3) is 0 Å². The van der Waals surface area contributed by atoms with E-state index in [2.05, 4.69) is 24.2 Å². The van der Waals surface area contributed by atoms with Crippen LogP contribution in [0, 0.1) is 0 Å². The van der Waals surface area contributed by atoms with E-state index in [9.17, 15) is 0 Å². The van der Waals surface area contributed by atoms with Gasteiger partial charge in [-0.2, -0.15) is 0 Å². The molecular formula is C8H18N2. The zero-order chi connectivity index (χ0) is 7.82. The summed E-state index contributed by atoms with van der Waals surface area (Å²) < 4.78 is 0. The van der Waals surface area contributed by atoms with Gasteiger partial charge in [-0.25, -0.2) is 0 Å². The maximum Gasteiger partial charge on any atom is 0.0931 e. The highest BCUT2D eigenvalue weighted by Gasteiger charge is 1.94. The first-order valence-corrected chi connectivity index (χ1v) is 4.06. The van der Waals surface area contributed by atoms with Crippen molar-refractivity contribution in [1.29, 1.82) is 0 Å². The lowest BCUT2D eigenvalue weighted by atomic mass is 10.4. The number of rotatable bonds is 0. The van der Waals surface area contributed by atoms with Crippen LogP contribution in [0.5, 0.6) is 0 Å². The van der Waals surface area contributed by atoms with Crippen LogP contribution in [0.4, 0.5) is 0 Å². The molecule has 60 valence electrons. The molecule has 1 rings (SSSR count). The first kappa shape index (κ1) is 9.47. The molecule has 1 aliphatic heterocycles. The summed E-state index contributed by atoms with van der Waals surface area (Å²) in [7, 11) is 0. The van der Waals surface area contributed by atoms with Crippen molar-refractivity contribution in [3.63, 3.8) is 0 Å². The Balaban J connectivity index is 0.000000236. The van der Waals surface area contributed by atoms with Crippen molar-refractivity contribution in [3.05, 3.63) is 0 Å². The molecule has 0 fully saturated rings. The number of amidine groups is 1. The van der Waals surface area contributed by atoms with E-state index >= 15 is 0 Å². The molecule has 0 unspecified atom stereocenters. The summed E-state index contributed by atoms with van der Waals surface area (Å²) in [5, 5.41) is 3.13. The van der Waals surface area contributed by atoms with Gasteiger partial charge in [-0.15, -0.1) is 0 Å². The third kappa shape index (κ3) is 5.60. The molecular weight excluding hydrogens is 124 g/mol. The Bertz CT molecular complexity index is 97.4. The van der Waals surface area contributed by atoms with Gasteiger partial charge < -0.3 is 5.32 Å². The van der Waals surface area contributed by atoms with Crippen molar-refractivity contribution >= 4 is 5.84 Å². The van der Waals surface area contributed by atoms with E-state index in [-0.39, 0.29) is 0 Å². The Morgan fingerprint density at radius 3 is 2.30 bits per heavy atom. The standard InChI is InChI=1S/C5H10N2.C3H8/c1-5-6-3-2-4-7-5;1-3-2/h2-4H2,1H3,(H,6,7);3H2,1-2H3. The van der Waals surface area contributed by atoms with Crippen molar-refractivity contribution < 1.29 is 0 Å². The van der Waals surface area contributed by atoms with Gasteiger partial charge in [-0.1, -0.05) is 20.3 Å². The van der Waals surface area contributed by atoms with Gasteiger partial charge in [-0.3, -0.25) is 4.99 Å². The van der Waals surface area contributed by atoms with Crippen LogP contribution in [-0.4, -0.2) is 18.9 Å². The third-order valence-electron chi connectivity index (χ3n) is 1.06. The van der Waals surface area contributed by atoms with Gasteiger partial charge in [-0.05, 0) is 13.3 Å². The molecule has 2 nitrogen and oxygen atoms in total. The maximum absolute atomic E-state index is 4.14. The quantitative estimate of drug-likeness (QED) is 0.548. The third-order valence-corrected chi connectivity index (χ3v) is 1.06. The molecule has 0 saturated carbocycles. The van der Waals surface area contributed by atoms with Crippen LogP contribution in [0.2, 0.25) is 0 Å². The summed E-state index contributed by atoms with van der Waals surface area (Å²) in [5.41, 5.74) is 0. The van der Waals surface area contributed by atoms with Crippen LogP contribution in [0.25, 0.3) is 0 Å². The predicted molar refractivity (Wildman–Crippen MR) is 46.6 cm³/mol. The van der Waals surface area contributed by atoms with Crippen molar-refractivity contribution in [2.75, 3.05) is 13.1 Å². The minimum atomic E-state index is 1.01. The lowest BCUT2D eigenvalue weighted by molar-refractivity contribution is 0.739. The molecule has 0 radical (unpaired) electrons. The minimum Gasteiger partial charge on any atom is -0.374 e. The highest BCUT2D eigenvalue weighted by molar-refractivity contribution is 5.79. The zero-order valence-electron chi connectivity index (χ0n) is 7.28. The second kappa shape index (κ2) is 6.59. The normalized spacial score (nSPS) is 16.1. The summed E-state index contributed by atoms with van der Waals surface area (Å²) in [6.45, 7) is 8.37. The van der Waals surface area contributed by atoms with Crippen molar-refractivity contribution in [2.24, 2.45) is 4.99 Å². The summed E-state index contributed by atoms with van der Waals surface area (Å²) in [4.78, 5) is 4.14. The minimum absolute atomic E-state index is 1.01. The molecule has 0 aliphatic carbocycles. The van der Waals surface area contributed by atoms with Gasteiger partial charge in [0.2, 0.25) is 0 Å². The smallest absolute Gasteiger partial charge is 0.0931 e. The largest absolute Gasteiger partial charge is 0.374 e. The van der Waals surface area contributed by atoms with E-state index in [1.807, 2.05) is 6.92 Å². The Hall–Kier alpha value is -0.530. The topological polar surface area (TPSA) is 24.4 Å². The Kier molecular flexibility index (Phi) is 6.24. The van der Waals surface area contributed by atoms with E-state index in [0.29, 0.717) is 0 Å². The van der Waals surface area contributed by atoms with E-state index < -0.39 is 0 Å². The van der Waals surface area contributed by atoms with Gasteiger partial charge in [0, 0.05) is 13.1 Å². The molecule has 2 heteroatoms. The average Bonchev–Trinajstić information content (AvgIpc) is 1.91. The maximum atomic E-state index is 4.14. The summed E-state index contributed by atoms with van der Waals surface area (Å²) in [6, 6.07) is 0. The SMILES string of the molecule is CC1=NCCCN1.CCC. The summed E-state index contributed by atoms with van der Waals surface area (Å²) in [5.74, 6) is 1.09. The lowest BCUT2D eigenvalue weighted by Crippen LogP contribution is -2.26. The van der Waals surface area contributed by atoms with Gasteiger partial charge >= 0.3 is 0 Å². The number of hydrogen-bond acceptors (Lipinski definition) is 2. The number of hydrogen-bond donors (Lipinski definition) is 1.